The van der Waals surface area contributed by atoms with E-state index in [2.05, 4.69) is 0 Å². The first-order valence-electron chi connectivity index (χ1n) is 3.57. The SMILES string of the molecule is [O]C(=O)c1cc([N+](=O)[O-])cc([N+](=O)[O-])c1. The summed E-state index contributed by atoms with van der Waals surface area (Å²) >= 11 is 0. The van der Waals surface area contributed by atoms with Gasteiger partial charge in [-0.2, -0.15) is 0 Å². The molecule has 0 bridgehead atoms. The van der Waals surface area contributed by atoms with Crippen LogP contribution >= 0.6 is 0 Å². The molecule has 0 heterocycles. The van der Waals surface area contributed by atoms with E-state index >= 15 is 0 Å². The summed E-state index contributed by atoms with van der Waals surface area (Å²) in [6.07, 6.45) is 0. The highest BCUT2D eigenvalue weighted by Gasteiger charge is 2.19. The largest absolute Gasteiger partial charge is 0.386 e. The molecular weight excluding hydrogens is 208 g/mol. The minimum absolute atomic E-state index is 0.601. The third-order valence-corrected chi connectivity index (χ3v) is 1.56. The summed E-state index contributed by atoms with van der Waals surface area (Å²) in [5, 5.41) is 31.0. The minimum Gasteiger partial charge on any atom is -0.258 e. The number of nitro groups is 2. The maximum atomic E-state index is 10.4. The first-order valence-corrected chi connectivity index (χ1v) is 3.57. The number of non-ortho nitro benzene ring substituents is 2. The monoisotopic (exact) mass is 211 g/mol. The third-order valence-electron chi connectivity index (χ3n) is 1.56. The molecule has 0 saturated carbocycles. The molecule has 1 aromatic carbocycles. The zero-order chi connectivity index (χ0) is 11.6. The number of benzene rings is 1. The van der Waals surface area contributed by atoms with Crippen molar-refractivity contribution in [3.63, 3.8) is 0 Å². The zero-order valence-corrected chi connectivity index (χ0v) is 7.08. The van der Waals surface area contributed by atoms with Crippen molar-refractivity contribution in [1.82, 2.24) is 0 Å². The highest BCUT2D eigenvalue weighted by Crippen LogP contribution is 2.22. The van der Waals surface area contributed by atoms with Gasteiger partial charge in [0, 0.05) is 12.1 Å². The molecule has 0 aliphatic rings. The van der Waals surface area contributed by atoms with Crippen LogP contribution in [0.2, 0.25) is 0 Å². The predicted octanol–water partition coefficient (Wildman–Crippen LogP) is 1.07. The molecule has 0 N–H and O–H groups in total. The van der Waals surface area contributed by atoms with Gasteiger partial charge in [-0.25, -0.2) is 9.90 Å². The van der Waals surface area contributed by atoms with E-state index in [9.17, 15) is 30.1 Å². The molecule has 0 aromatic heterocycles. The summed E-state index contributed by atoms with van der Waals surface area (Å²) in [5.41, 5.74) is -1.93. The van der Waals surface area contributed by atoms with E-state index in [1.54, 1.807) is 0 Å². The van der Waals surface area contributed by atoms with Crippen LogP contribution in [0, 0.1) is 20.2 Å². The predicted molar refractivity (Wildman–Crippen MR) is 44.8 cm³/mol. The second-order valence-electron chi connectivity index (χ2n) is 2.54. The molecule has 0 fully saturated rings. The maximum Gasteiger partial charge on any atom is 0.386 e. The van der Waals surface area contributed by atoms with Gasteiger partial charge in [-0.15, -0.1) is 0 Å². The lowest BCUT2D eigenvalue weighted by atomic mass is 10.2. The van der Waals surface area contributed by atoms with Crippen LogP contribution in [0.3, 0.4) is 0 Å². The lowest BCUT2D eigenvalue weighted by Gasteiger charge is -1.95. The van der Waals surface area contributed by atoms with Crippen molar-refractivity contribution >= 4 is 17.3 Å². The van der Waals surface area contributed by atoms with Crippen LogP contribution in [0.1, 0.15) is 10.4 Å². The van der Waals surface area contributed by atoms with Crippen molar-refractivity contribution in [3.05, 3.63) is 44.0 Å². The number of hydrogen-bond donors (Lipinski definition) is 0. The van der Waals surface area contributed by atoms with Crippen LogP contribution in [0.15, 0.2) is 18.2 Å². The first kappa shape index (κ1) is 10.6. The average molecular weight is 211 g/mol. The molecule has 0 atom stereocenters. The molecule has 0 saturated heterocycles. The first-order chi connectivity index (χ1) is 6.91. The van der Waals surface area contributed by atoms with Gasteiger partial charge in [-0.3, -0.25) is 20.2 Å². The summed E-state index contributed by atoms with van der Waals surface area (Å²) < 4.78 is 0. The highest BCUT2D eigenvalue weighted by molar-refractivity contribution is 5.89. The lowest BCUT2D eigenvalue weighted by molar-refractivity contribution is -0.394. The smallest absolute Gasteiger partial charge is 0.258 e. The van der Waals surface area contributed by atoms with E-state index in [0.717, 1.165) is 0 Å². The fourth-order valence-electron chi connectivity index (χ4n) is 0.924. The summed E-state index contributed by atoms with van der Waals surface area (Å²) in [6.45, 7) is 0. The normalized spacial score (nSPS) is 9.60. The second kappa shape index (κ2) is 3.70. The Morgan fingerprint density at radius 3 is 1.67 bits per heavy atom. The molecule has 1 aromatic rings. The molecule has 15 heavy (non-hydrogen) atoms. The van der Waals surface area contributed by atoms with Crippen molar-refractivity contribution in [2.75, 3.05) is 0 Å². The maximum absolute atomic E-state index is 10.4. The van der Waals surface area contributed by atoms with Crippen LogP contribution in [0.4, 0.5) is 11.4 Å². The van der Waals surface area contributed by atoms with Crippen LogP contribution in [0.5, 0.6) is 0 Å². The Morgan fingerprint density at radius 1 is 1.00 bits per heavy atom. The highest BCUT2D eigenvalue weighted by atomic mass is 16.6. The lowest BCUT2D eigenvalue weighted by Crippen LogP contribution is -1.99. The molecule has 8 heteroatoms. The number of nitro benzene ring substituents is 2. The molecule has 8 nitrogen and oxygen atoms in total. The van der Waals surface area contributed by atoms with Crippen LogP contribution in [-0.4, -0.2) is 15.8 Å². The van der Waals surface area contributed by atoms with E-state index in [4.69, 9.17) is 0 Å². The molecule has 1 rings (SSSR count). The van der Waals surface area contributed by atoms with Crippen molar-refractivity contribution in [3.8, 4) is 0 Å². The van der Waals surface area contributed by atoms with Gasteiger partial charge < -0.3 is 0 Å². The number of rotatable bonds is 3. The Balaban J connectivity index is 3.39. The third kappa shape index (κ3) is 2.24. The number of carbonyl (C=O) groups is 1. The zero-order valence-electron chi connectivity index (χ0n) is 7.08. The number of carbonyl (C=O) groups excluding carboxylic acids is 1. The van der Waals surface area contributed by atoms with E-state index in [1.807, 2.05) is 0 Å². The van der Waals surface area contributed by atoms with Gasteiger partial charge in [0.15, 0.2) is 0 Å². The van der Waals surface area contributed by atoms with Gasteiger partial charge in [0.25, 0.3) is 11.4 Å². The Morgan fingerprint density at radius 2 is 1.40 bits per heavy atom. The molecule has 0 aliphatic heterocycles. The van der Waals surface area contributed by atoms with E-state index in [-0.39, 0.29) is 0 Å². The Bertz CT molecular complexity index is 376. The molecule has 0 aliphatic carbocycles. The summed E-state index contributed by atoms with van der Waals surface area (Å²) in [6, 6.07) is 2.07. The topological polar surface area (TPSA) is 123 Å². The molecule has 0 unspecified atom stereocenters. The van der Waals surface area contributed by atoms with Gasteiger partial charge in [-0.05, 0) is 0 Å². The summed E-state index contributed by atoms with van der Waals surface area (Å²) in [7, 11) is 0. The fraction of sp³-hybridized carbons (Fsp3) is 0. The van der Waals surface area contributed by atoms with E-state index < -0.39 is 32.8 Å². The Hall–Kier alpha value is -2.51. The summed E-state index contributed by atoms with van der Waals surface area (Å²) in [4.78, 5) is 29.2. The van der Waals surface area contributed by atoms with Crippen LogP contribution in [-0.2, 0) is 5.11 Å². The quantitative estimate of drug-likeness (QED) is 0.546. The molecule has 0 amide bonds. The van der Waals surface area contributed by atoms with Gasteiger partial charge >= 0.3 is 5.97 Å². The second-order valence-corrected chi connectivity index (χ2v) is 2.54. The van der Waals surface area contributed by atoms with Crippen LogP contribution < -0.4 is 0 Å². The molecule has 0 spiro atoms. The Kier molecular flexibility index (Phi) is 2.61. The van der Waals surface area contributed by atoms with Gasteiger partial charge in [-0.1, -0.05) is 0 Å². The van der Waals surface area contributed by atoms with E-state index in [0.29, 0.717) is 18.2 Å². The average Bonchev–Trinajstić information content (AvgIpc) is 2.16. The van der Waals surface area contributed by atoms with E-state index in [1.165, 1.54) is 0 Å². The molecular formula is C7H3N2O6. The summed E-state index contributed by atoms with van der Waals surface area (Å²) in [5.74, 6) is -1.71. The van der Waals surface area contributed by atoms with Crippen LogP contribution in [0.25, 0.3) is 0 Å². The van der Waals surface area contributed by atoms with Gasteiger partial charge in [0.1, 0.15) is 0 Å². The van der Waals surface area contributed by atoms with Crippen molar-refractivity contribution in [2.24, 2.45) is 0 Å². The fourth-order valence-corrected chi connectivity index (χ4v) is 0.924. The Labute approximate surface area is 82.1 Å². The van der Waals surface area contributed by atoms with Crippen molar-refractivity contribution < 1.29 is 19.7 Å². The number of hydrogen-bond acceptors (Lipinski definition) is 5. The molecule has 77 valence electrons. The van der Waals surface area contributed by atoms with Crippen molar-refractivity contribution in [1.29, 1.82) is 0 Å². The minimum atomic E-state index is -1.71. The van der Waals surface area contributed by atoms with Gasteiger partial charge in [0.2, 0.25) is 0 Å². The van der Waals surface area contributed by atoms with Gasteiger partial charge in [0.05, 0.1) is 21.5 Å². The number of nitrogens with zero attached hydrogens (tertiary/aromatic N) is 2. The standard InChI is InChI=1S/C7H3N2O6/c10-7(11)4-1-5(8(12)13)3-6(2-4)9(14)15/h1-3H. The molecule has 1 radical (unpaired) electrons. The van der Waals surface area contributed by atoms with Crippen molar-refractivity contribution in [2.45, 2.75) is 0 Å².